The minimum atomic E-state index is -1.34. The lowest BCUT2D eigenvalue weighted by Crippen LogP contribution is -2.41. The molecule has 1 rings (SSSR count). The molecule has 1 aromatic carbocycles. The molecule has 0 aliphatic rings. The lowest BCUT2D eigenvalue weighted by molar-refractivity contribution is -0.123. The van der Waals surface area contributed by atoms with E-state index in [0.717, 1.165) is 12.0 Å². The summed E-state index contributed by atoms with van der Waals surface area (Å²) in [4.78, 5) is 24.2. The van der Waals surface area contributed by atoms with Crippen molar-refractivity contribution in [3.63, 3.8) is 0 Å². The van der Waals surface area contributed by atoms with Gasteiger partial charge in [0.1, 0.15) is 0 Å². The zero-order valence-corrected chi connectivity index (χ0v) is 12.6. The van der Waals surface area contributed by atoms with Gasteiger partial charge < -0.3 is 10.1 Å². The van der Waals surface area contributed by atoms with Crippen molar-refractivity contribution in [1.82, 2.24) is 5.32 Å². The minimum Gasteiger partial charge on any atom is -0.383 e. The van der Waals surface area contributed by atoms with Gasteiger partial charge in [-0.15, -0.1) is 0 Å². The molecule has 0 saturated heterocycles. The first-order valence-corrected chi connectivity index (χ1v) is 6.85. The molecule has 0 bridgehead atoms. The van der Waals surface area contributed by atoms with Crippen molar-refractivity contribution < 1.29 is 14.3 Å². The van der Waals surface area contributed by atoms with Gasteiger partial charge >= 0.3 is 0 Å². The van der Waals surface area contributed by atoms with Crippen LogP contribution >= 0.6 is 0 Å². The molecule has 0 fully saturated rings. The highest BCUT2D eigenvalue weighted by atomic mass is 16.5. The largest absolute Gasteiger partial charge is 0.383 e. The van der Waals surface area contributed by atoms with E-state index < -0.39 is 17.6 Å². The summed E-state index contributed by atoms with van der Waals surface area (Å²) >= 11 is 0. The first kappa shape index (κ1) is 16.9. The van der Waals surface area contributed by atoms with Crippen LogP contribution in [0.4, 0.5) is 0 Å². The van der Waals surface area contributed by atoms with Crippen molar-refractivity contribution in [3.05, 3.63) is 35.4 Å². The third-order valence-electron chi connectivity index (χ3n) is 3.11. The Bertz CT molecular complexity index is 531. The van der Waals surface area contributed by atoms with Crippen LogP contribution in [-0.4, -0.2) is 31.4 Å². The highest BCUT2D eigenvalue weighted by molar-refractivity contribution is 6.12. The molecule has 0 saturated carbocycles. The summed E-state index contributed by atoms with van der Waals surface area (Å²) in [5.41, 5.74) is 1.46. The number of amides is 1. The molecule has 5 heteroatoms. The number of benzene rings is 1. The number of carbonyl (C=O) groups excluding carboxylic acids is 2. The van der Waals surface area contributed by atoms with Gasteiger partial charge in [-0.25, -0.2) is 0 Å². The van der Waals surface area contributed by atoms with Crippen LogP contribution in [0.1, 0.15) is 29.8 Å². The number of ether oxygens (including phenoxy) is 1. The number of nitriles is 1. The Labute approximate surface area is 124 Å². The third kappa shape index (κ3) is 4.69. The Hall–Kier alpha value is -2.19. The summed E-state index contributed by atoms with van der Waals surface area (Å²) in [6.07, 6.45) is 0.866. The van der Waals surface area contributed by atoms with Crippen LogP contribution in [0.5, 0.6) is 0 Å². The van der Waals surface area contributed by atoms with Gasteiger partial charge in [0.2, 0.25) is 5.91 Å². The predicted octanol–water partition coefficient (Wildman–Crippen LogP) is 1.72. The maximum absolute atomic E-state index is 12.2. The molecule has 0 heterocycles. The fourth-order valence-corrected chi connectivity index (χ4v) is 1.93. The number of nitrogens with one attached hydrogen (secondary N) is 1. The van der Waals surface area contributed by atoms with Crippen LogP contribution in [0.2, 0.25) is 0 Å². The van der Waals surface area contributed by atoms with E-state index in [4.69, 9.17) is 10.00 Å². The van der Waals surface area contributed by atoms with Crippen LogP contribution in [0.15, 0.2) is 24.3 Å². The molecule has 0 spiro atoms. The average Bonchev–Trinajstić information content (AvgIpc) is 2.48. The molecule has 0 unspecified atom stereocenters. The monoisotopic (exact) mass is 288 g/mol. The summed E-state index contributed by atoms with van der Waals surface area (Å²) in [5, 5.41) is 11.7. The van der Waals surface area contributed by atoms with Crippen molar-refractivity contribution in [2.24, 2.45) is 5.92 Å². The predicted molar refractivity (Wildman–Crippen MR) is 78.7 cm³/mol. The van der Waals surface area contributed by atoms with E-state index in [9.17, 15) is 9.59 Å². The summed E-state index contributed by atoms with van der Waals surface area (Å²) < 4.78 is 4.91. The van der Waals surface area contributed by atoms with Gasteiger partial charge in [-0.1, -0.05) is 31.2 Å². The molecule has 1 amide bonds. The third-order valence-corrected chi connectivity index (χ3v) is 3.11. The lowest BCUT2D eigenvalue weighted by Gasteiger charge is -2.15. The van der Waals surface area contributed by atoms with E-state index in [1.807, 2.05) is 19.1 Å². The minimum absolute atomic E-state index is 0.256. The number of Topliss-reactive ketones (excluding diaryl/α,β-unsaturated/α-hetero) is 1. The number of rotatable bonds is 7. The quantitative estimate of drug-likeness (QED) is 0.612. The van der Waals surface area contributed by atoms with E-state index in [1.165, 1.54) is 7.11 Å². The fourth-order valence-electron chi connectivity index (χ4n) is 1.93. The van der Waals surface area contributed by atoms with Crippen LogP contribution in [0, 0.1) is 17.2 Å². The lowest BCUT2D eigenvalue weighted by atomic mass is 9.96. The summed E-state index contributed by atoms with van der Waals surface area (Å²) in [7, 11) is 1.52. The molecule has 21 heavy (non-hydrogen) atoms. The SMILES string of the molecule is CCc1ccc(C(=O)[C@H](C#N)C(=O)N[C@@H](C)COC)cc1. The molecule has 0 aliphatic heterocycles. The molecular weight excluding hydrogens is 268 g/mol. The van der Waals surface area contributed by atoms with Gasteiger partial charge in [0.15, 0.2) is 11.7 Å². The fraction of sp³-hybridized carbons (Fsp3) is 0.438. The van der Waals surface area contributed by atoms with Gasteiger partial charge in [-0.2, -0.15) is 5.26 Å². The molecule has 1 N–H and O–H groups in total. The van der Waals surface area contributed by atoms with E-state index in [1.54, 1.807) is 25.1 Å². The summed E-state index contributed by atoms with van der Waals surface area (Å²) in [6, 6.07) is 8.47. The zero-order valence-electron chi connectivity index (χ0n) is 12.6. The van der Waals surface area contributed by atoms with E-state index in [2.05, 4.69) is 5.32 Å². The van der Waals surface area contributed by atoms with Gasteiger partial charge in [0.05, 0.1) is 12.7 Å². The van der Waals surface area contributed by atoms with E-state index >= 15 is 0 Å². The number of ketones is 1. The molecular formula is C16H20N2O3. The smallest absolute Gasteiger partial charge is 0.245 e. The topological polar surface area (TPSA) is 79.2 Å². The normalized spacial score (nSPS) is 13.0. The highest BCUT2D eigenvalue weighted by Crippen LogP contribution is 2.11. The van der Waals surface area contributed by atoms with Crippen LogP contribution in [-0.2, 0) is 16.0 Å². The van der Waals surface area contributed by atoms with Gasteiger partial charge in [0.25, 0.3) is 0 Å². The molecule has 0 aromatic heterocycles. The second-order valence-electron chi connectivity index (χ2n) is 4.84. The molecule has 1 aromatic rings. The van der Waals surface area contributed by atoms with Crippen LogP contribution in [0.3, 0.4) is 0 Å². The number of nitrogens with zero attached hydrogens (tertiary/aromatic N) is 1. The Morgan fingerprint density at radius 2 is 1.95 bits per heavy atom. The Morgan fingerprint density at radius 3 is 2.43 bits per heavy atom. The number of aryl methyl sites for hydroxylation is 1. The number of methoxy groups -OCH3 is 1. The van der Waals surface area contributed by atoms with Crippen LogP contribution < -0.4 is 5.32 Å². The maximum atomic E-state index is 12.2. The van der Waals surface area contributed by atoms with Gasteiger partial charge in [-0.05, 0) is 18.9 Å². The first-order valence-electron chi connectivity index (χ1n) is 6.85. The van der Waals surface area contributed by atoms with Crippen molar-refractivity contribution >= 4 is 11.7 Å². The van der Waals surface area contributed by atoms with E-state index in [-0.39, 0.29) is 6.04 Å². The van der Waals surface area contributed by atoms with Gasteiger partial charge in [0, 0.05) is 18.7 Å². The summed E-state index contributed by atoms with van der Waals surface area (Å²) in [5.74, 6) is -2.41. The highest BCUT2D eigenvalue weighted by Gasteiger charge is 2.28. The summed E-state index contributed by atoms with van der Waals surface area (Å²) in [6.45, 7) is 4.08. The Kier molecular flexibility index (Phi) is 6.57. The van der Waals surface area contributed by atoms with Crippen molar-refractivity contribution in [1.29, 1.82) is 5.26 Å². The first-order chi connectivity index (χ1) is 10.0. The van der Waals surface area contributed by atoms with Crippen molar-refractivity contribution in [2.75, 3.05) is 13.7 Å². The number of carbonyl (C=O) groups is 2. The maximum Gasteiger partial charge on any atom is 0.245 e. The zero-order chi connectivity index (χ0) is 15.8. The second kappa shape index (κ2) is 8.18. The number of hydrogen-bond acceptors (Lipinski definition) is 4. The number of hydrogen-bond donors (Lipinski definition) is 1. The Morgan fingerprint density at radius 1 is 1.33 bits per heavy atom. The van der Waals surface area contributed by atoms with Crippen LogP contribution in [0.25, 0.3) is 0 Å². The van der Waals surface area contributed by atoms with E-state index in [0.29, 0.717) is 12.2 Å². The molecule has 0 radical (unpaired) electrons. The molecule has 0 aliphatic carbocycles. The van der Waals surface area contributed by atoms with Crippen molar-refractivity contribution in [3.8, 4) is 6.07 Å². The molecule has 5 nitrogen and oxygen atoms in total. The van der Waals surface area contributed by atoms with Gasteiger partial charge in [-0.3, -0.25) is 9.59 Å². The Balaban J connectivity index is 2.81. The molecule has 112 valence electrons. The average molecular weight is 288 g/mol. The van der Waals surface area contributed by atoms with Crippen molar-refractivity contribution in [2.45, 2.75) is 26.3 Å². The second-order valence-corrected chi connectivity index (χ2v) is 4.84. The standard InChI is InChI=1S/C16H20N2O3/c1-4-12-5-7-13(8-6-12)15(19)14(9-17)16(20)18-11(2)10-21-3/h5-8,11,14H,4,10H2,1-3H3,(H,18,20)/t11-,14-/m0/s1. The molecule has 2 atom stereocenters.